The molecule has 3 N–H and O–H groups in total. The van der Waals surface area contributed by atoms with Crippen molar-refractivity contribution < 1.29 is 14.4 Å². The van der Waals surface area contributed by atoms with Crippen LogP contribution in [0.25, 0.3) is 0 Å². The lowest BCUT2D eigenvalue weighted by Crippen LogP contribution is -2.44. The molecule has 1 atom stereocenters. The smallest absolute Gasteiger partial charge is 0.251 e. The van der Waals surface area contributed by atoms with Gasteiger partial charge < -0.3 is 16.0 Å². The van der Waals surface area contributed by atoms with E-state index in [0.717, 1.165) is 0 Å². The summed E-state index contributed by atoms with van der Waals surface area (Å²) in [6.45, 7) is 5.36. The second-order valence-electron chi connectivity index (χ2n) is 4.35. The highest BCUT2D eigenvalue weighted by atomic mass is 16.2. The van der Waals surface area contributed by atoms with E-state index in [2.05, 4.69) is 16.0 Å². The highest BCUT2D eigenvalue weighted by Gasteiger charge is 2.15. The molecule has 0 spiro atoms. The molecule has 6 heteroatoms. The summed E-state index contributed by atoms with van der Waals surface area (Å²) in [7, 11) is 0. The first kappa shape index (κ1) is 15.7. The Kier molecular flexibility index (Phi) is 5.71. The number of anilines is 1. The molecule has 1 aromatic rings. The van der Waals surface area contributed by atoms with Crippen LogP contribution < -0.4 is 16.0 Å². The number of carbonyl (C=O) groups excluding carboxylic acids is 3. The Morgan fingerprint density at radius 2 is 1.75 bits per heavy atom. The van der Waals surface area contributed by atoms with Crippen LogP contribution in [0.3, 0.4) is 0 Å². The maximum atomic E-state index is 11.9. The first-order valence-electron chi connectivity index (χ1n) is 6.40. The van der Waals surface area contributed by atoms with Crippen molar-refractivity contribution in [2.75, 3.05) is 11.9 Å². The lowest BCUT2D eigenvalue weighted by molar-refractivity contribution is -0.122. The van der Waals surface area contributed by atoms with E-state index in [1.54, 1.807) is 31.2 Å². The Hall–Kier alpha value is -2.37. The van der Waals surface area contributed by atoms with Gasteiger partial charge in [0, 0.05) is 24.7 Å². The maximum Gasteiger partial charge on any atom is 0.251 e. The van der Waals surface area contributed by atoms with E-state index in [4.69, 9.17) is 0 Å². The van der Waals surface area contributed by atoms with E-state index in [-0.39, 0.29) is 17.7 Å². The van der Waals surface area contributed by atoms with Gasteiger partial charge in [0.25, 0.3) is 5.91 Å². The van der Waals surface area contributed by atoms with Crippen molar-refractivity contribution in [1.82, 2.24) is 10.6 Å². The van der Waals surface area contributed by atoms with Crippen LogP contribution in [0.2, 0.25) is 0 Å². The highest BCUT2D eigenvalue weighted by molar-refractivity contribution is 5.98. The van der Waals surface area contributed by atoms with Crippen LogP contribution >= 0.6 is 0 Å². The summed E-state index contributed by atoms with van der Waals surface area (Å²) in [5.74, 6) is -0.735. The van der Waals surface area contributed by atoms with E-state index in [1.165, 1.54) is 6.92 Å². The van der Waals surface area contributed by atoms with Gasteiger partial charge in [-0.3, -0.25) is 14.4 Å². The van der Waals surface area contributed by atoms with Gasteiger partial charge in [-0.1, -0.05) is 0 Å². The van der Waals surface area contributed by atoms with E-state index < -0.39 is 6.04 Å². The van der Waals surface area contributed by atoms with Crippen molar-refractivity contribution in [2.24, 2.45) is 0 Å². The van der Waals surface area contributed by atoms with Crippen molar-refractivity contribution in [1.29, 1.82) is 0 Å². The van der Waals surface area contributed by atoms with Gasteiger partial charge in [-0.15, -0.1) is 0 Å². The van der Waals surface area contributed by atoms with Gasteiger partial charge in [0.05, 0.1) is 0 Å². The Labute approximate surface area is 117 Å². The number of nitrogens with one attached hydrogen (secondary N) is 3. The summed E-state index contributed by atoms with van der Waals surface area (Å²) < 4.78 is 0. The normalized spacial score (nSPS) is 11.3. The largest absolute Gasteiger partial charge is 0.355 e. The third-order valence-corrected chi connectivity index (χ3v) is 2.56. The van der Waals surface area contributed by atoms with E-state index in [9.17, 15) is 14.4 Å². The molecule has 0 heterocycles. The molecule has 0 aliphatic rings. The summed E-state index contributed by atoms with van der Waals surface area (Å²) in [6.07, 6.45) is 0. The molecule has 1 rings (SSSR count). The van der Waals surface area contributed by atoms with Crippen molar-refractivity contribution in [3.8, 4) is 0 Å². The second kappa shape index (κ2) is 7.28. The van der Waals surface area contributed by atoms with Crippen LogP contribution in [-0.2, 0) is 9.59 Å². The molecule has 3 amide bonds. The molecular weight excluding hydrogens is 258 g/mol. The Bertz CT molecular complexity index is 497. The van der Waals surface area contributed by atoms with Crippen LogP contribution in [0.4, 0.5) is 5.69 Å². The predicted molar refractivity (Wildman–Crippen MR) is 76.4 cm³/mol. The minimum absolute atomic E-state index is 0.174. The number of hydrogen-bond acceptors (Lipinski definition) is 3. The van der Waals surface area contributed by atoms with Gasteiger partial charge in [0.15, 0.2) is 0 Å². The fourth-order valence-electron chi connectivity index (χ4n) is 1.58. The second-order valence-corrected chi connectivity index (χ2v) is 4.35. The molecule has 0 aliphatic heterocycles. The average Bonchev–Trinajstić information content (AvgIpc) is 2.39. The molecule has 20 heavy (non-hydrogen) atoms. The maximum absolute atomic E-state index is 11.9. The van der Waals surface area contributed by atoms with Crippen LogP contribution in [0, 0.1) is 0 Å². The van der Waals surface area contributed by atoms with Crippen molar-refractivity contribution >= 4 is 23.4 Å². The summed E-state index contributed by atoms with van der Waals surface area (Å²) in [5, 5.41) is 7.85. The van der Waals surface area contributed by atoms with Crippen LogP contribution in [0.15, 0.2) is 24.3 Å². The third-order valence-electron chi connectivity index (χ3n) is 2.56. The Balaban J connectivity index is 2.63. The zero-order valence-corrected chi connectivity index (χ0v) is 11.8. The Morgan fingerprint density at radius 1 is 1.15 bits per heavy atom. The zero-order valence-electron chi connectivity index (χ0n) is 11.8. The predicted octanol–water partition coefficient (Wildman–Crippen LogP) is 0.899. The average molecular weight is 277 g/mol. The molecule has 1 aromatic carbocycles. The van der Waals surface area contributed by atoms with Gasteiger partial charge in [-0.2, -0.15) is 0 Å². The first-order chi connectivity index (χ1) is 9.43. The monoisotopic (exact) mass is 277 g/mol. The molecule has 0 aliphatic carbocycles. The minimum atomic E-state index is -0.600. The zero-order chi connectivity index (χ0) is 15.1. The van der Waals surface area contributed by atoms with Crippen molar-refractivity contribution in [3.63, 3.8) is 0 Å². The molecular formula is C14H19N3O3. The third kappa shape index (κ3) is 4.72. The van der Waals surface area contributed by atoms with Crippen LogP contribution in [-0.4, -0.2) is 30.3 Å². The number of hydrogen-bond donors (Lipinski definition) is 3. The number of carbonyl (C=O) groups is 3. The molecule has 0 saturated carbocycles. The molecule has 0 unspecified atom stereocenters. The van der Waals surface area contributed by atoms with Gasteiger partial charge in [0.2, 0.25) is 11.8 Å². The molecule has 108 valence electrons. The van der Waals surface area contributed by atoms with Crippen LogP contribution in [0.5, 0.6) is 0 Å². The summed E-state index contributed by atoms with van der Waals surface area (Å²) >= 11 is 0. The van der Waals surface area contributed by atoms with Crippen molar-refractivity contribution in [2.45, 2.75) is 26.8 Å². The molecule has 0 aromatic heterocycles. The minimum Gasteiger partial charge on any atom is -0.355 e. The Morgan fingerprint density at radius 3 is 2.25 bits per heavy atom. The number of rotatable bonds is 5. The SMILES string of the molecule is CCNC(=O)[C@H](C)NC(=O)c1ccc(NC(C)=O)cc1. The topological polar surface area (TPSA) is 87.3 Å². The van der Waals surface area contributed by atoms with Gasteiger partial charge in [-0.05, 0) is 38.1 Å². The summed E-state index contributed by atoms with van der Waals surface area (Å²) in [5.41, 5.74) is 1.04. The quantitative estimate of drug-likeness (QED) is 0.747. The van der Waals surface area contributed by atoms with Crippen molar-refractivity contribution in [3.05, 3.63) is 29.8 Å². The first-order valence-corrected chi connectivity index (χ1v) is 6.40. The highest BCUT2D eigenvalue weighted by Crippen LogP contribution is 2.09. The molecule has 0 fully saturated rings. The lowest BCUT2D eigenvalue weighted by atomic mass is 10.1. The van der Waals surface area contributed by atoms with Gasteiger partial charge >= 0.3 is 0 Å². The van der Waals surface area contributed by atoms with E-state index in [0.29, 0.717) is 17.8 Å². The molecule has 0 bridgehead atoms. The molecule has 0 radical (unpaired) electrons. The fourth-order valence-corrected chi connectivity index (χ4v) is 1.58. The number of benzene rings is 1. The van der Waals surface area contributed by atoms with E-state index >= 15 is 0 Å². The lowest BCUT2D eigenvalue weighted by Gasteiger charge is -2.13. The fraction of sp³-hybridized carbons (Fsp3) is 0.357. The molecule has 6 nitrogen and oxygen atoms in total. The standard InChI is InChI=1S/C14H19N3O3/c1-4-15-13(19)9(2)16-14(20)11-5-7-12(8-6-11)17-10(3)18/h5-9H,4H2,1-3H3,(H,15,19)(H,16,20)(H,17,18)/t9-/m0/s1. The van der Waals surface area contributed by atoms with Crippen LogP contribution in [0.1, 0.15) is 31.1 Å². The van der Waals surface area contributed by atoms with Gasteiger partial charge in [0.1, 0.15) is 6.04 Å². The number of amides is 3. The summed E-state index contributed by atoms with van der Waals surface area (Å²) in [6, 6.07) is 5.84. The van der Waals surface area contributed by atoms with E-state index in [1.807, 2.05) is 6.92 Å². The van der Waals surface area contributed by atoms with Gasteiger partial charge in [-0.25, -0.2) is 0 Å². The summed E-state index contributed by atoms with van der Waals surface area (Å²) in [4.78, 5) is 34.3. The number of likely N-dealkylation sites (N-methyl/N-ethyl adjacent to an activating group) is 1. The molecule has 0 saturated heterocycles.